The van der Waals surface area contributed by atoms with Gasteiger partial charge < -0.3 is 4.90 Å². The second kappa shape index (κ2) is 9.47. The fraction of sp³-hybridized carbons (Fsp3) is 0.357. The summed E-state index contributed by atoms with van der Waals surface area (Å²) in [5.41, 5.74) is 8.30. The molecule has 3 aromatic rings. The number of aryl methyl sites for hydroxylation is 3. The second-order valence-corrected chi connectivity index (χ2v) is 8.87. The van der Waals surface area contributed by atoms with Gasteiger partial charge in [-0.2, -0.15) is 0 Å². The summed E-state index contributed by atoms with van der Waals surface area (Å²) in [6.07, 6.45) is 5.23. The molecule has 1 amide bonds. The normalized spacial score (nSPS) is 14.0. The van der Waals surface area contributed by atoms with Crippen molar-refractivity contribution in [2.45, 2.75) is 65.3 Å². The summed E-state index contributed by atoms with van der Waals surface area (Å²) in [5, 5.41) is 0. The van der Waals surface area contributed by atoms with Crippen molar-refractivity contribution in [1.29, 1.82) is 0 Å². The van der Waals surface area contributed by atoms with E-state index in [0.717, 1.165) is 29.9 Å². The van der Waals surface area contributed by atoms with Crippen molar-refractivity contribution in [3.8, 4) is 0 Å². The monoisotopic (exact) mass is 412 g/mol. The van der Waals surface area contributed by atoms with Gasteiger partial charge in [-0.25, -0.2) is 0 Å². The van der Waals surface area contributed by atoms with Gasteiger partial charge in [-0.3, -0.25) is 9.78 Å². The fourth-order valence-corrected chi connectivity index (χ4v) is 4.67. The number of pyridine rings is 1. The van der Waals surface area contributed by atoms with E-state index in [9.17, 15) is 4.79 Å². The molecule has 1 atom stereocenters. The summed E-state index contributed by atoms with van der Waals surface area (Å²) < 4.78 is 0. The van der Waals surface area contributed by atoms with E-state index in [0.29, 0.717) is 13.0 Å². The molecule has 3 heteroatoms. The minimum absolute atomic E-state index is 0.148. The van der Waals surface area contributed by atoms with Crippen LogP contribution in [0.5, 0.6) is 0 Å². The smallest absolute Gasteiger partial charge is 0.227 e. The maximum absolute atomic E-state index is 13.6. The van der Waals surface area contributed by atoms with Crippen LogP contribution < -0.4 is 4.90 Å². The first-order chi connectivity index (χ1) is 15.0. The van der Waals surface area contributed by atoms with Crippen molar-refractivity contribution < 1.29 is 4.79 Å². The number of carbonyl (C=O) groups is 1. The first-order valence-corrected chi connectivity index (χ1v) is 11.4. The molecule has 1 aliphatic rings. The molecule has 31 heavy (non-hydrogen) atoms. The molecule has 0 saturated heterocycles. The zero-order chi connectivity index (χ0) is 21.8. The van der Waals surface area contributed by atoms with Gasteiger partial charge in [0.05, 0.1) is 12.2 Å². The molecule has 0 bridgehead atoms. The van der Waals surface area contributed by atoms with Gasteiger partial charge >= 0.3 is 0 Å². The average Bonchev–Trinajstić information content (AvgIpc) is 2.78. The van der Waals surface area contributed by atoms with E-state index in [2.05, 4.69) is 43.1 Å². The molecule has 0 fully saturated rings. The lowest BCUT2D eigenvalue weighted by Gasteiger charge is -2.27. The zero-order valence-corrected chi connectivity index (χ0v) is 18.9. The number of anilines is 1. The Morgan fingerprint density at radius 3 is 2.55 bits per heavy atom. The first kappa shape index (κ1) is 21.3. The van der Waals surface area contributed by atoms with Crippen molar-refractivity contribution in [3.63, 3.8) is 0 Å². The van der Waals surface area contributed by atoms with E-state index in [1.54, 1.807) is 0 Å². The number of hydrogen-bond donors (Lipinski definition) is 0. The molecule has 0 N–H and O–H groups in total. The third-order valence-corrected chi connectivity index (χ3v) is 6.40. The van der Waals surface area contributed by atoms with Gasteiger partial charge in [0, 0.05) is 17.8 Å². The Morgan fingerprint density at radius 1 is 1.00 bits per heavy atom. The third-order valence-electron chi connectivity index (χ3n) is 6.40. The van der Waals surface area contributed by atoms with E-state index in [4.69, 9.17) is 0 Å². The highest BCUT2D eigenvalue weighted by atomic mass is 16.2. The maximum atomic E-state index is 13.6. The predicted octanol–water partition coefficient (Wildman–Crippen LogP) is 6.30. The number of carbonyl (C=O) groups excluding carboxylic acids is 1. The lowest BCUT2D eigenvalue weighted by Crippen LogP contribution is -2.32. The molecule has 0 unspecified atom stereocenters. The van der Waals surface area contributed by atoms with Crippen LogP contribution in [-0.2, 0) is 24.2 Å². The largest absolute Gasteiger partial charge is 0.306 e. The summed E-state index contributed by atoms with van der Waals surface area (Å²) in [5.74, 6) is 0.315. The summed E-state index contributed by atoms with van der Waals surface area (Å²) in [6.45, 7) is 6.82. The van der Waals surface area contributed by atoms with Crippen LogP contribution in [0.25, 0.3) is 0 Å². The standard InChI is InChI=1S/C28H32N2O/c1-20(23-11-5-4-6-12-23)17-28(31)30(19-25-14-9-10-22(3)29-25)26-16-21(2)27-15-8-7-13-24(27)18-26/h4-6,9-12,14,16,18,20H,7-8,13,15,17,19H2,1-3H3/t20-/m0/s1. The van der Waals surface area contributed by atoms with Crippen molar-refractivity contribution in [2.24, 2.45) is 0 Å². The Balaban J connectivity index is 1.66. The van der Waals surface area contributed by atoms with Crippen molar-refractivity contribution >= 4 is 11.6 Å². The van der Waals surface area contributed by atoms with Crippen LogP contribution in [0.1, 0.15) is 65.7 Å². The molecule has 1 aromatic heterocycles. The molecule has 0 saturated carbocycles. The Kier molecular flexibility index (Phi) is 6.50. The minimum atomic E-state index is 0.148. The van der Waals surface area contributed by atoms with Crippen LogP contribution in [0.3, 0.4) is 0 Å². The first-order valence-electron chi connectivity index (χ1n) is 11.4. The Morgan fingerprint density at radius 2 is 1.77 bits per heavy atom. The summed E-state index contributed by atoms with van der Waals surface area (Å²) in [7, 11) is 0. The Bertz CT molecular complexity index is 1060. The predicted molar refractivity (Wildman–Crippen MR) is 127 cm³/mol. The molecule has 0 aliphatic heterocycles. The van der Waals surface area contributed by atoms with Gasteiger partial charge in [-0.15, -0.1) is 0 Å². The second-order valence-electron chi connectivity index (χ2n) is 8.87. The molecular weight excluding hydrogens is 380 g/mol. The van der Waals surface area contributed by atoms with Crippen LogP contribution in [-0.4, -0.2) is 10.9 Å². The number of benzene rings is 2. The molecule has 160 valence electrons. The molecule has 3 nitrogen and oxygen atoms in total. The van der Waals surface area contributed by atoms with E-state index >= 15 is 0 Å². The molecule has 0 radical (unpaired) electrons. The van der Waals surface area contributed by atoms with Crippen molar-refractivity contribution in [2.75, 3.05) is 4.90 Å². The van der Waals surface area contributed by atoms with Crippen LogP contribution >= 0.6 is 0 Å². The van der Waals surface area contributed by atoms with Gasteiger partial charge in [0.15, 0.2) is 0 Å². The van der Waals surface area contributed by atoms with Crippen LogP contribution in [0.4, 0.5) is 5.69 Å². The minimum Gasteiger partial charge on any atom is -0.306 e. The van der Waals surface area contributed by atoms with Crippen LogP contribution in [0, 0.1) is 13.8 Å². The van der Waals surface area contributed by atoms with Gasteiger partial charge in [-0.05, 0) is 92.0 Å². The fourth-order valence-electron chi connectivity index (χ4n) is 4.67. The molecule has 1 aliphatic carbocycles. The van der Waals surface area contributed by atoms with Gasteiger partial charge in [0.25, 0.3) is 0 Å². The van der Waals surface area contributed by atoms with E-state index in [1.165, 1.54) is 35.1 Å². The highest BCUT2D eigenvalue weighted by molar-refractivity contribution is 5.94. The highest BCUT2D eigenvalue weighted by Crippen LogP contribution is 2.31. The number of hydrogen-bond acceptors (Lipinski definition) is 2. The zero-order valence-electron chi connectivity index (χ0n) is 18.9. The van der Waals surface area contributed by atoms with E-state index in [1.807, 2.05) is 48.2 Å². The third kappa shape index (κ3) is 5.04. The molecule has 2 aromatic carbocycles. The van der Waals surface area contributed by atoms with Gasteiger partial charge in [0.1, 0.15) is 0 Å². The number of aromatic nitrogens is 1. The molecule has 4 rings (SSSR count). The van der Waals surface area contributed by atoms with Crippen molar-refractivity contribution in [3.05, 3.63) is 94.3 Å². The maximum Gasteiger partial charge on any atom is 0.227 e. The summed E-state index contributed by atoms with van der Waals surface area (Å²) in [4.78, 5) is 20.2. The quantitative estimate of drug-likeness (QED) is 0.476. The Hall–Kier alpha value is -2.94. The van der Waals surface area contributed by atoms with Crippen LogP contribution in [0.2, 0.25) is 0 Å². The highest BCUT2D eigenvalue weighted by Gasteiger charge is 2.22. The lowest BCUT2D eigenvalue weighted by atomic mass is 9.88. The molecule has 1 heterocycles. The number of amides is 1. The van der Waals surface area contributed by atoms with Gasteiger partial charge in [-0.1, -0.05) is 43.3 Å². The van der Waals surface area contributed by atoms with Crippen molar-refractivity contribution in [1.82, 2.24) is 4.98 Å². The van der Waals surface area contributed by atoms with Crippen LogP contribution in [0.15, 0.2) is 60.7 Å². The van der Waals surface area contributed by atoms with E-state index < -0.39 is 0 Å². The SMILES string of the molecule is Cc1cccc(CN(C(=O)C[C@H](C)c2ccccc2)c2cc(C)c3c(c2)CCCC3)n1. The lowest BCUT2D eigenvalue weighted by molar-refractivity contribution is -0.119. The number of rotatable bonds is 6. The summed E-state index contributed by atoms with van der Waals surface area (Å²) in [6, 6.07) is 20.8. The number of fused-ring (bicyclic) bond motifs is 1. The Labute approximate surface area is 186 Å². The van der Waals surface area contributed by atoms with Gasteiger partial charge in [0.2, 0.25) is 5.91 Å². The topological polar surface area (TPSA) is 33.2 Å². The average molecular weight is 413 g/mol. The number of nitrogens with zero attached hydrogens (tertiary/aromatic N) is 2. The summed E-state index contributed by atoms with van der Waals surface area (Å²) >= 11 is 0. The molecule has 0 spiro atoms. The van der Waals surface area contributed by atoms with E-state index in [-0.39, 0.29) is 11.8 Å². The molecular formula is C28H32N2O.